The fourth-order valence-electron chi connectivity index (χ4n) is 3.35. The van der Waals surface area contributed by atoms with Crippen molar-refractivity contribution >= 4 is 17.3 Å². The minimum Gasteiger partial charge on any atom is -0.353 e. The standard InChI is InChI=1S/C20H21N7O2/c1-14-15(2)23-19(17-5-3-4-8-21-17)24-20(14)26-11-9-25(10-12-26)18-7-6-16(13-22-18)27(28)29/h3-8,13H,9-12H2,1-2H3. The second-order valence-electron chi connectivity index (χ2n) is 6.90. The Morgan fingerprint density at radius 3 is 2.34 bits per heavy atom. The van der Waals surface area contributed by atoms with Crippen molar-refractivity contribution in [1.82, 2.24) is 19.9 Å². The second-order valence-corrected chi connectivity index (χ2v) is 6.90. The highest BCUT2D eigenvalue weighted by atomic mass is 16.6. The molecule has 3 aromatic rings. The predicted molar refractivity (Wildman–Crippen MR) is 110 cm³/mol. The first kappa shape index (κ1) is 18.7. The number of nitro groups is 1. The predicted octanol–water partition coefficient (Wildman–Crippen LogP) is 2.79. The number of hydrogen-bond acceptors (Lipinski definition) is 8. The molecule has 9 heteroatoms. The molecule has 0 saturated carbocycles. The first-order chi connectivity index (χ1) is 14.0. The fraction of sp³-hybridized carbons (Fsp3) is 0.300. The molecule has 0 N–H and O–H groups in total. The quantitative estimate of drug-likeness (QED) is 0.494. The summed E-state index contributed by atoms with van der Waals surface area (Å²) in [5.74, 6) is 2.30. The van der Waals surface area contributed by atoms with Crippen LogP contribution < -0.4 is 9.80 Å². The molecule has 1 aliphatic heterocycles. The lowest BCUT2D eigenvalue weighted by Crippen LogP contribution is -2.47. The van der Waals surface area contributed by atoms with Crippen LogP contribution in [0.1, 0.15) is 11.3 Å². The second kappa shape index (κ2) is 7.78. The van der Waals surface area contributed by atoms with Gasteiger partial charge in [-0.25, -0.2) is 15.0 Å². The normalized spacial score (nSPS) is 14.1. The summed E-state index contributed by atoms with van der Waals surface area (Å²) in [4.78, 5) is 32.8. The average molecular weight is 391 g/mol. The Labute approximate surface area is 168 Å². The van der Waals surface area contributed by atoms with E-state index in [1.807, 2.05) is 32.0 Å². The number of aryl methyl sites for hydroxylation is 1. The van der Waals surface area contributed by atoms with E-state index in [2.05, 4.69) is 24.8 Å². The molecule has 1 aliphatic rings. The average Bonchev–Trinajstić information content (AvgIpc) is 2.76. The van der Waals surface area contributed by atoms with Gasteiger partial charge in [-0.3, -0.25) is 15.1 Å². The van der Waals surface area contributed by atoms with Gasteiger partial charge in [0.2, 0.25) is 0 Å². The van der Waals surface area contributed by atoms with Crippen LogP contribution in [0.3, 0.4) is 0 Å². The first-order valence-electron chi connectivity index (χ1n) is 9.40. The van der Waals surface area contributed by atoms with Crippen LogP contribution in [0.4, 0.5) is 17.3 Å². The monoisotopic (exact) mass is 391 g/mol. The molecule has 0 amide bonds. The summed E-state index contributed by atoms with van der Waals surface area (Å²) in [5.41, 5.74) is 2.76. The van der Waals surface area contributed by atoms with E-state index < -0.39 is 4.92 Å². The highest BCUT2D eigenvalue weighted by Gasteiger charge is 2.22. The number of rotatable bonds is 4. The van der Waals surface area contributed by atoms with Gasteiger partial charge in [-0.05, 0) is 32.0 Å². The highest BCUT2D eigenvalue weighted by Crippen LogP contribution is 2.25. The molecule has 0 spiro atoms. The number of piperazine rings is 1. The number of aromatic nitrogens is 4. The van der Waals surface area contributed by atoms with Crippen LogP contribution in [0.5, 0.6) is 0 Å². The third kappa shape index (κ3) is 3.84. The Morgan fingerprint density at radius 1 is 0.966 bits per heavy atom. The van der Waals surface area contributed by atoms with Crippen molar-refractivity contribution in [3.05, 3.63) is 64.1 Å². The van der Waals surface area contributed by atoms with Gasteiger partial charge in [-0.15, -0.1) is 0 Å². The lowest BCUT2D eigenvalue weighted by Gasteiger charge is -2.36. The van der Waals surface area contributed by atoms with Crippen LogP contribution in [-0.2, 0) is 0 Å². The van der Waals surface area contributed by atoms with Crippen molar-refractivity contribution in [2.75, 3.05) is 36.0 Å². The van der Waals surface area contributed by atoms with Crippen molar-refractivity contribution in [1.29, 1.82) is 0 Å². The molecule has 0 radical (unpaired) electrons. The SMILES string of the molecule is Cc1nc(-c2ccccn2)nc(N2CCN(c3ccc([N+](=O)[O-])cn3)CC2)c1C. The van der Waals surface area contributed by atoms with Gasteiger partial charge in [0, 0.05) is 49.7 Å². The van der Waals surface area contributed by atoms with E-state index >= 15 is 0 Å². The Balaban J connectivity index is 1.52. The molecule has 0 aromatic carbocycles. The van der Waals surface area contributed by atoms with Crippen molar-refractivity contribution < 1.29 is 4.92 Å². The maximum absolute atomic E-state index is 10.8. The summed E-state index contributed by atoms with van der Waals surface area (Å²) in [6.07, 6.45) is 3.04. The van der Waals surface area contributed by atoms with Crippen molar-refractivity contribution in [2.45, 2.75) is 13.8 Å². The molecule has 0 unspecified atom stereocenters. The van der Waals surface area contributed by atoms with Gasteiger partial charge >= 0.3 is 0 Å². The summed E-state index contributed by atoms with van der Waals surface area (Å²) < 4.78 is 0. The molecule has 0 aliphatic carbocycles. The topological polar surface area (TPSA) is 101 Å². The fourth-order valence-corrected chi connectivity index (χ4v) is 3.35. The largest absolute Gasteiger partial charge is 0.353 e. The van der Waals surface area contributed by atoms with Crippen LogP contribution in [0, 0.1) is 24.0 Å². The third-order valence-corrected chi connectivity index (χ3v) is 5.10. The van der Waals surface area contributed by atoms with Crippen LogP contribution >= 0.6 is 0 Å². The highest BCUT2D eigenvalue weighted by molar-refractivity contribution is 5.58. The summed E-state index contributed by atoms with van der Waals surface area (Å²) in [7, 11) is 0. The number of pyridine rings is 2. The Hall–Kier alpha value is -3.62. The first-order valence-corrected chi connectivity index (χ1v) is 9.40. The van der Waals surface area contributed by atoms with Crippen molar-refractivity contribution in [3.8, 4) is 11.5 Å². The molecule has 1 saturated heterocycles. The minimum atomic E-state index is -0.436. The molecule has 0 atom stereocenters. The minimum absolute atomic E-state index is 0.00141. The van der Waals surface area contributed by atoms with E-state index in [0.717, 1.165) is 54.8 Å². The van der Waals surface area contributed by atoms with Crippen molar-refractivity contribution in [3.63, 3.8) is 0 Å². The summed E-state index contributed by atoms with van der Waals surface area (Å²) in [5, 5.41) is 10.8. The summed E-state index contributed by atoms with van der Waals surface area (Å²) in [6, 6.07) is 8.90. The zero-order valence-corrected chi connectivity index (χ0v) is 16.3. The molecule has 9 nitrogen and oxygen atoms in total. The maximum atomic E-state index is 10.8. The number of anilines is 2. The third-order valence-electron chi connectivity index (χ3n) is 5.10. The van der Waals surface area contributed by atoms with E-state index in [4.69, 9.17) is 4.98 Å². The molecular formula is C20H21N7O2. The molecule has 1 fully saturated rings. The zero-order chi connectivity index (χ0) is 20.4. The van der Waals surface area contributed by atoms with Crippen LogP contribution in [0.2, 0.25) is 0 Å². The Bertz CT molecular complexity index is 1020. The van der Waals surface area contributed by atoms with E-state index in [0.29, 0.717) is 5.82 Å². The van der Waals surface area contributed by atoms with E-state index in [9.17, 15) is 10.1 Å². The smallest absolute Gasteiger partial charge is 0.287 e. The van der Waals surface area contributed by atoms with Gasteiger partial charge in [0.15, 0.2) is 5.82 Å². The molecule has 148 valence electrons. The lowest BCUT2D eigenvalue weighted by molar-refractivity contribution is -0.385. The maximum Gasteiger partial charge on any atom is 0.287 e. The molecule has 4 rings (SSSR count). The molecule has 4 heterocycles. The molecule has 3 aromatic heterocycles. The van der Waals surface area contributed by atoms with Crippen LogP contribution in [-0.4, -0.2) is 51.0 Å². The Kier molecular flexibility index (Phi) is 5.03. The Morgan fingerprint density at radius 2 is 1.72 bits per heavy atom. The lowest BCUT2D eigenvalue weighted by atomic mass is 10.2. The van der Waals surface area contributed by atoms with Gasteiger partial charge in [0.1, 0.15) is 23.5 Å². The number of hydrogen-bond donors (Lipinski definition) is 0. The van der Waals surface area contributed by atoms with Gasteiger partial charge < -0.3 is 9.80 Å². The zero-order valence-electron chi connectivity index (χ0n) is 16.3. The van der Waals surface area contributed by atoms with Crippen molar-refractivity contribution in [2.24, 2.45) is 0 Å². The van der Waals surface area contributed by atoms with E-state index in [1.165, 1.54) is 12.3 Å². The van der Waals surface area contributed by atoms with Gasteiger partial charge in [-0.1, -0.05) is 6.07 Å². The molecule has 29 heavy (non-hydrogen) atoms. The summed E-state index contributed by atoms with van der Waals surface area (Å²) >= 11 is 0. The van der Waals surface area contributed by atoms with E-state index in [-0.39, 0.29) is 5.69 Å². The van der Waals surface area contributed by atoms with Gasteiger partial charge in [0.25, 0.3) is 5.69 Å². The number of nitrogens with zero attached hydrogens (tertiary/aromatic N) is 7. The summed E-state index contributed by atoms with van der Waals surface area (Å²) in [6.45, 7) is 7.09. The molecular weight excluding hydrogens is 370 g/mol. The van der Waals surface area contributed by atoms with Gasteiger partial charge in [-0.2, -0.15) is 0 Å². The van der Waals surface area contributed by atoms with Crippen LogP contribution in [0.25, 0.3) is 11.5 Å². The van der Waals surface area contributed by atoms with Crippen LogP contribution in [0.15, 0.2) is 42.7 Å². The van der Waals surface area contributed by atoms with Gasteiger partial charge in [0.05, 0.1) is 4.92 Å². The molecule has 0 bridgehead atoms. The van der Waals surface area contributed by atoms with E-state index in [1.54, 1.807) is 12.3 Å².